The van der Waals surface area contributed by atoms with Crippen LogP contribution < -0.4 is 10.2 Å². The average Bonchev–Trinajstić information content (AvgIpc) is 3.19. The Labute approximate surface area is 185 Å². The van der Waals surface area contributed by atoms with E-state index in [2.05, 4.69) is 40.1 Å². The van der Waals surface area contributed by atoms with Gasteiger partial charge >= 0.3 is 0 Å². The zero-order valence-electron chi connectivity index (χ0n) is 17.6. The second kappa shape index (κ2) is 9.31. The van der Waals surface area contributed by atoms with E-state index in [0.29, 0.717) is 11.7 Å². The maximum Gasteiger partial charge on any atom is 0.234 e. The molecule has 158 valence electrons. The van der Waals surface area contributed by atoms with Gasteiger partial charge in [0.15, 0.2) is 10.8 Å². The summed E-state index contributed by atoms with van der Waals surface area (Å²) < 4.78 is 0.966. The molecule has 2 aromatic heterocycles. The molecular formula is C22H27N5OS2. The molecule has 30 heavy (non-hydrogen) atoms. The third kappa shape index (κ3) is 4.59. The number of amides is 1. The molecule has 3 heterocycles. The van der Waals surface area contributed by atoms with Gasteiger partial charge in [-0.25, -0.2) is 9.97 Å². The first-order chi connectivity index (χ1) is 14.5. The van der Waals surface area contributed by atoms with Gasteiger partial charge in [-0.2, -0.15) is 4.98 Å². The van der Waals surface area contributed by atoms with Gasteiger partial charge in [-0.15, -0.1) is 0 Å². The molecule has 0 saturated carbocycles. The van der Waals surface area contributed by atoms with E-state index < -0.39 is 0 Å². The van der Waals surface area contributed by atoms with E-state index in [0.717, 1.165) is 56.8 Å². The summed E-state index contributed by atoms with van der Waals surface area (Å²) in [5.74, 6) is 0.964. The second-order valence-corrected chi connectivity index (χ2v) is 9.76. The van der Waals surface area contributed by atoms with Gasteiger partial charge in [0.2, 0.25) is 5.91 Å². The van der Waals surface area contributed by atoms with Gasteiger partial charge in [-0.3, -0.25) is 4.79 Å². The standard InChI is InChI=1S/C22H27N5OS2/c1-4-16-9-5-8-15(3)18(16)25-17(28)12-29-21-19-20(23-13-24-21)26-22(30-19)27-10-6-7-14(2)11-27/h5,8-9,13-14H,4,6-7,10-12H2,1-3H3,(H,25,28)/t14-/m1/s1. The van der Waals surface area contributed by atoms with Crippen molar-refractivity contribution < 1.29 is 4.79 Å². The van der Waals surface area contributed by atoms with Crippen molar-refractivity contribution in [2.24, 2.45) is 5.92 Å². The molecule has 4 rings (SSSR count). The second-order valence-electron chi connectivity index (χ2n) is 7.82. The topological polar surface area (TPSA) is 71.0 Å². The number of aromatic nitrogens is 3. The summed E-state index contributed by atoms with van der Waals surface area (Å²) in [5, 5.41) is 4.92. The molecule has 0 radical (unpaired) electrons. The van der Waals surface area contributed by atoms with Crippen molar-refractivity contribution in [3.05, 3.63) is 35.7 Å². The average molecular weight is 442 g/mol. The highest BCUT2D eigenvalue weighted by molar-refractivity contribution is 8.00. The zero-order valence-corrected chi connectivity index (χ0v) is 19.3. The molecule has 1 N–H and O–H groups in total. The van der Waals surface area contributed by atoms with Crippen LogP contribution in [0.4, 0.5) is 10.8 Å². The van der Waals surface area contributed by atoms with Gasteiger partial charge in [-0.05, 0) is 43.2 Å². The number of carbonyl (C=O) groups excluding carboxylic acids is 1. The molecule has 8 heteroatoms. The Hall–Kier alpha value is -2.19. The summed E-state index contributed by atoms with van der Waals surface area (Å²) in [6.45, 7) is 8.49. The minimum atomic E-state index is -0.0228. The molecule has 0 unspecified atom stereocenters. The summed E-state index contributed by atoms with van der Waals surface area (Å²) in [6.07, 6.45) is 4.90. The fourth-order valence-corrected chi connectivity index (χ4v) is 5.76. The summed E-state index contributed by atoms with van der Waals surface area (Å²) in [6, 6.07) is 6.11. The van der Waals surface area contributed by atoms with Gasteiger partial charge in [0.05, 0.1) is 5.75 Å². The normalized spacial score (nSPS) is 16.8. The lowest BCUT2D eigenvalue weighted by Gasteiger charge is -2.30. The van der Waals surface area contributed by atoms with E-state index >= 15 is 0 Å². The van der Waals surface area contributed by atoms with E-state index in [9.17, 15) is 4.79 Å². The number of carbonyl (C=O) groups is 1. The Morgan fingerprint density at radius 2 is 2.23 bits per heavy atom. The van der Waals surface area contributed by atoms with Gasteiger partial charge in [-0.1, -0.05) is 55.1 Å². The molecule has 0 bridgehead atoms. The lowest BCUT2D eigenvalue weighted by Crippen LogP contribution is -2.34. The minimum Gasteiger partial charge on any atom is -0.348 e. The van der Waals surface area contributed by atoms with Crippen LogP contribution in [0.3, 0.4) is 0 Å². The maximum atomic E-state index is 12.6. The smallest absolute Gasteiger partial charge is 0.234 e. The molecule has 3 aromatic rings. The number of anilines is 2. The van der Waals surface area contributed by atoms with Crippen molar-refractivity contribution in [1.29, 1.82) is 0 Å². The Bertz CT molecular complexity index is 1050. The van der Waals surface area contributed by atoms with Crippen LogP contribution in [-0.4, -0.2) is 39.7 Å². The number of thioether (sulfide) groups is 1. The molecule has 1 atom stereocenters. The molecular weight excluding hydrogens is 414 g/mol. The number of thiazole rings is 1. The lowest BCUT2D eigenvalue weighted by molar-refractivity contribution is -0.113. The van der Waals surface area contributed by atoms with Gasteiger partial charge < -0.3 is 10.2 Å². The molecule has 1 fully saturated rings. The van der Waals surface area contributed by atoms with Gasteiger partial charge in [0.25, 0.3) is 0 Å². The number of fused-ring (bicyclic) bond motifs is 1. The van der Waals surface area contributed by atoms with Crippen molar-refractivity contribution in [3.8, 4) is 0 Å². The van der Waals surface area contributed by atoms with Crippen LogP contribution in [0.15, 0.2) is 29.6 Å². The Morgan fingerprint density at radius 1 is 1.37 bits per heavy atom. The predicted molar refractivity (Wildman–Crippen MR) is 126 cm³/mol. The number of nitrogens with one attached hydrogen (secondary N) is 1. The maximum absolute atomic E-state index is 12.6. The van der Waals surface area contributed by atoms with Crippen LogP contribution >= 0.6 is 23.1 Å². The first-order valence-electron chi connectivity index (χ1n) is 10.4. The molecule has 1 aromatic carbocycles. The molecule has 6 nitrogen and oxygen atoms in total. The van der Waals surface area contributed by atoms with E-state index in [4.69, 9.17) is 4.98 Å². The van der Waals surface area contributed by atoms with Gasteiger partial charge in [0.1, 0.15) is 16.1 Å². The Morgan fingerprint density at radius 3 is 3.03 bits per heavy atom. The fourth-order valence-electron chi connectivity index (χ4n) is 3.84. The van der Waals surface area contributed by atoms with E-state index in [1.54, 1.807) is 17.7 Å². The monoisotopic (exact) mass is 441 g/mol. The number of hydrogen-bond donors (Lipinski definition) is 1. The zero-order chi connectivity index (χ0) is 21.1. The molecule has 0 spiro atoms. The predicted octanol–water partition coefficient (Wildman–Crippen LogP) is 4.92. The van der Waals surface area contributed by atoms with Crippen molar-refractivity contribution in [3.63, 3.8) is 0 Å². The quantitative estimate of drug-likeness (QED) is 0.432. The SMILES string of the molecule is CCc1cccc(C)c1NC(=O)CSc1ncnc2nc(N3CCC[C@@H](C)C3)sc12. The van der Waals surface area contributed by atoms with Crippen LogP contribution in [0.2, 0.25) is 0 Å². The number of nitrogens with zero attached hydrogens (tertiary/aromatic N) is 4. The largest absolute Gasteiger partial charge is 0.348 e. The summed E-state index contributed by atoms with van der Waals surface area (Å²) in [4.78, 5) is 28.5. The summed E-state index contributed by atoms with van der Waals surface area (Å²) >= 11 is 3.08. The molecule has 1 aliphatic heterocycles. The van der Waals surface area contributed by atoms with Crippen molar-refractivity contribution in [1.82, 2.24) is 15.0 Å². The molecule has 1 amide bonds. The number of piperidine rings is 1. The van der Waals surface area contributed by atoms with Crippen LogP contribution in [-0.2, 0) is 11.2 Å². The summed E-state index contributed by atoms with van der Waals surface area (Å²) in [7, 11) is 0. The third-order valence-electron chi connectivity index (χ3n) is 5.42. The highest BCUT2D eigenvalue weighted by atomic mass is 32.2. The van der Waals surface area contributed by atoms with Crippen molar-refractivity contribution >= 4 is 50.2 Å². The Balaban J connectivity index is 1.47. The van der Waals surface area contributed by atoms with Crippen LogP contribution in [0.1, 0.15) is 37.8 Å². The molecule has 1 aliphatic rings. The number of hydrogen-bond acceptors (Lipinski definition) is 7. The van der Waals surface area contributed by atoms with Crippen molar-refractivity contribution in [2.75, 3.05) is 29.1 Å². The fraction of sp³-hybridized carbons (Fsp3) is 0.455. The van der Waals surface area contributed by atoms with Gasteiger partial charge in [0, 0.05) is 18.8 Å². The highest BCUT2D eigenvalue weighted by Crippen LogP contribution is 2.35. The van der Waals surface area contributed by atoms with Crippen molar-refractivity contribution in [2.45, 2.75) is 45.1 Å². The van der Waals surface area contributed by atoms with E-state index in [1.165, 1.54) is 24.6 Å². The molecule has 0 aliphatic carbocycles. The number of aryl methyl sites for hydroxylation is 2. The third-order valence-corrected chi connectivity index (χ3v) is 7.65. The highest BCUT2D eigenvalue weighted by Gasteiger charge is 2.21. The van der Waals surface area contributed by atoms with E-state index in [-0.39, 0.29) is 5.91 Å². The van der Waals surface area contributed by atoms with Crippen LogP contribution in [0, 0.1) is 12.8 Å². The first-order valence-corrected chi connectivity index (χ1v) is 12.2. The van der Waals surface area contributed by atoms with Crippen LogP contribution in [0.5, 0.6) is 0 Å². The lowest BCUT2D eigenvalue weighted by atomic mass is 10.0. The molecule has 1 saturated heterocycles. The Kier molecular flexibility index (Phi) is 6.53. The van der Waals surface area contributed by atoms with E-state index in [1.807, 2.05) is 19.1 Å². The minimum absolute atomic E-state index is 0.0228. The number of benzene rings is 1. The first kappa shape index (κ1) is 21.1. The number of rotatable bonds is 6. The number of para-hydroxylation sites is 1. The summed E-state index contributed by atoms with van der Waals surface area (Å²) in [5.41, 5.74) is 3.89. The van der Waals surface area contributed by atoms with Crippen LogP contribution in [0.25, 0.3) is 10.3 Å².